The molecular formula is C18H19N3O2. The van der Waals surface area contributed by atoms with E-state index in [0.717, 1.165) is 12.0 Å². The van der Waals surface area contributed by atoms with E-state index in [2.05, 4.69) is 17.1 Å². The second-order valence-corrected chi connectivity index (χ2v) is 5.36. The van der Waals surface area contributed by atoms with Crippen LogP contribution in [0.4, 0.5) is 0 Å². The summed E-state index contributed by atoms with van der Waals surface area (Å²) in [4.78, 5) is 14.6. The highest BCUT2D eigenvalue weighted by atomic mass is 16.3. The van der Waals surface area contributed by atoms with Crippen LogP contribution in [0.15, 0.2) is 59.2 Å². The molecule has 0 saturated heterocycles. The largest absolute Gasteiger partial charge is 0.463 e. The topological polar surface area (TPSA) is 62.1 Å². The second-order valence-electron chi connectivity index (χ2n) is 5.36. The summed E-state index contributed by atoms with van der Waals surface area (Å²) in [6, 6.07) is 15.3. The number of furan rings is 1. The first-order valence-electron chi connectivity index (χ1n) is 7.70. The first kappa shape index (κ1) is 15.1. The molecule has 1 N–H and O–H groups in total. The Morgan fingerprint density at radius 3 is 2.74 bits per heavy atom. The number of nitrogens with one attached hydrogen (secondary N) is 1. The molecule has 118 valence electrons. The predicted octanol–water partition coefficient (Wildman–Crippen LogP) is 3.72. The number of H-pyrrole nitrogens is 1. The van der Waals surface area contributed by atoms with Crippen molar-refractivity contribution < 1.29 is 9.21 Å². The van der Waals surface area contributed by atoms with E-state index in [1.165, 1.54) is 0 Å². The monoisotopic (exact) mass is 309 g/mol. The van der Waals surface area contributed by atoms with E-state index in [9.17, 15) is 4.79 Å². The quantitative estimate of drug-likeness (QED) is 0.755. The molecule has 0 aliphatic heterocycles. The molecule has 5 heteroatoms. The molecule has 2 heterocycles. The molecule has 0 atom stereocenters. The van der Waals surface area contributed by atoms with Crippen molar-refractivity contribution in [1.82, 2.24) is 15.1 Å². The minimum absolute atomic E-state index is 0.0789. The summed E-state index contributed by atoms with van der Waals surface area (Å²) in [6.45, 7) is 3.33. The summed E-state index contributed by atoms with van der Waals surface area (Å²) < 4.78 is 5.32. The van der Waals surface area contributed by atoms with Gasteiger partial charge in [-0.05, 0) is 24.1 Å². The Kier molecular flexibility index (Phi) is 4.57. The maximum absolute atomic E-state index is 12.7. The molecule has 0 aliphatic rings. The normalized spacial score (nSPS) is 10.7. The van der Waals surface area contributed by atoms with Crippen LogP contribution in [0.2, 0.25) is 0 Å². The van der Waals surface area contributed by atoms with Crippen LogP contribution < -0.4 is 0 Å². The van der Waals surface area contributed by atoms with E-state index in [1.807, 2.05) is 41.3 Å². The Morgan fingerprint density at radius 2 is 2.04 bits per heavy atom. The average Bonchev–Trinajstić information content (AvgIpc) is 3.26. The molecule has 0 aliphatic carbocycles. The number of benzene rings is 1. The number of nitrogens with zero attached hydrogens (tertiary/aromatic N) is 2. The molecule has 0 spiro atoms. The predicted molar refractivity (Wildman–Crippen MR) is 87.8 cm³/mol. The fraction of sp³-hybridized carbons (Fsp3) is 0.222. The van der Waals surface area contributed by atoms with E-state index in [-0.39, 0.29) is 5.91 Å². The van der Waals surface area contributed by atoms with Gasteiger partial charge in [0, 0.05) is 19.2 Å². The van der Waals surface area contributed by atoms with Crippen molar-refractivity contribution in [2.24, 2.45) is 0 Å². The summed E-state index contributed by atoms with van der Waals surface area (Å²) in [5.41, 5.74) is 2.21. The van der Waals surface area contributed by atoms with Crippen LogP contribution in [0, 0.1) is 0 Å². The second kappa shape index (κ2) is 6.96. The molecule has 5 nitrogen and oxygen atoms in total. The van der Waals surface area contributed by atoms with Gasteiger partial charge in [-0.15, -0.1) is 0 Å². The minimum Gasteiger partial charge on any atom is -0.463 e. The smallest absolute Gasteiger partial charge is 0.274 e. The summed E-state index contributed by atoms with van der Waals surface area (Å²) in [5.74, 6) is 0.589. The summed E-state index contributed by atoms with van der Waals surface area (Å²) >= 11 is 0. The van der Waals surface area contributed by atoms with Crippen molar-refractivity contribution >= 4 is 5.91 Å². The fourth-order valence-corrected chi connectivity index (χ4v) is 2.48. The number of hydrogen-bond donors (Lipinski definition) is 1. The lowest BCUT2D eigenvalue weighted by Crippen LogP contribution is -2.31. The highest BCUT2D eigenvalue weighted by Gasteiger charge is 2.19. The third-order valence-electron chi connectivity index (χ3n) is 3.58. The molecule has 3 aromatic rings. The third kappa shape index (κ3) is 3.51. The van der Waals surface area contributed by atoms with Gasteiger partial charge in [0.25, 0.3) is 5.91 Å². The van der Waals surface area contributed by atoms with Crippen LogP contribution in [0.1, 0.15) is 29.4 Å². The molecule has 0 saturated carbocycles. The van der Waals surface area contributed by atoms with E-state index < -0.39 is 0 Å². The maximum Gasteiger partial charge on any atom is 0.274 e. The van der Waals surface area contributed by atoms with Gasteiger partial charge < -0.3 is 9.32 Å². The zero-order valence-electron chi connectivity index (χ0n) is 13.0. The van der Waals surface area contributed by atoms with Gasteiger partial charge in [-0.1, -0.05) is 37.3 Å². The SMILES string of the molecule is CCCN(Cc1ccccc1)C(=O)c1cc(-c2ccco2)[nH]n1. The summed E-state index contributed by atoms with van der Waals surface area (Å²) in [6.07, 6.45) is 2.49. The van der Waals surface area contributed by atoms with Crippen molar-refractivity contribution in [3.05, 3.63) is 66.1 Å². The lowest BCUT2D eigenvalue weighted by molar-refractivity contribution is 0.0737. The van der Waals surface area contributed by atoms with Crippen LogP contribution in [0.5, 0.6) is 0 Å². The maximum atomic E-state index is 12.7. The van der Waals surface area contributed by atoms with Crippen LogP contribution in [-0.4, -0.2) is 27.5 Å². The molecule has 3 rings (SSSR count). The average molecular weight is 309 g/mol. The highest BCUT2D eigenvalue weighted by Crippen LogP contribution is 2.19. The van der Waals surface area contributed by atoms with Crippen molar-refractivity contribution in [2.45, 2.75) is 19.9 Å². The molecule has 0 fully saturated rings. The van der Waals surface area contributed by atoms with Crippen LogP contribution >= 0.6 is 0 Å². The number of aromatic amines is 1. The molecule has 0 bridgehead atoms. The first-order valence-corrected chi connectivity index (χ1v) is 7.70. The highest BCUT2D eigenvalue weighted by molar-refractivity contribution is 5.93. The van der Waals surface area contributed by atoms with E-state index >= 15 is 0 Å². The molecule has 1 amide bonds. The Morgan fingerprint density at radius 1 is 1.22 bits per heavy atom. The Bertz CT molecular complexity index is 748. The molecular weight excluding hydrogens is 290 g/mol. The van der Waals surface area contributed by atoms with Crippen molar-refractivity contribution in [2.75, 3.05) is 6.54 Å². The number of carbonyl (C=O) groups excluding carboxylic acids is 1. The molecule has 0 radical (unpaired) electrons. The minimum atomic E-state index is -0.0789. The zero-order chi connectivity index (χ0) is 16.1. The van der Waals surface area contributed by atoms with Gasteiger partial charge in [-0.3, -0.25) is 9.89 Å². The number of aromatic nitrogens is 2. The van der Waals surface area contributed by atoms with Crippen molar-refractivity contribution in [1.29, 1.82) is 0 Å². The number of rotatable bonds is 6. The van der Waals surface area contributed by atoms with Gasteiger partial charge in [0.1, 0.15) is 5.69 Å². The third-order valence-corrected chi connectivity index (χ3v) is 3.58. The zero-order valence-corrected chi connectivity index (χ0v) is 13.0. The lowest BCUT2D eigenvalue weighted by atomic mass is 10.2. The van der Waals surface area contributed by atoms with E-state index in [4.69, 9.17) is 4.42 Å². The Hall–Kier alpha value is -2.82. The molecule has 2 aromatic heterocycles. The van der Waals surface area contributed by atoms with Gasteiger partial charge in [0.15, 0.2) is 11.5 Å². The number of hydrogen-bond acceptors (Lipinski definition) is 3. The lowest BCUT2D eigenvalue weighted by Gasteiger charge is -2.21. The standard InChI is InChI=1S/C18H19N3O2/c1-2-10-21(13-14-7-4-3-5-8-14)18(22)16-12-15(19-20-16)17-9-6-11-23-17/h3-9,11-12H,2,10,13H2,1H3,(H,19,20). The molecule has 1 aromatic carbocycles. The Balaban J connectivity index is 1.78. The van der Waals surface area contributed by atoms with Gasteiger partial charge in [0.2, 0.25) is 0 Å². The van der Waals surface area contributed by atoms with E-state index in [1.54, 1.807) is 18.4 Å². The van der Waals surface area contributed by atoms with Crippen LogP contribution in [-0.2, 0) is 6.54 Å². The van der Waals surface area contributed by atoms with Gasteiger partial charge in [-0.25, -0.2) is 0 Å². The first-order chi connectivity index (χ1) is 11.3. The van der Waals surface area contributed by atoms with Gasteiger partial charge in [0.05, 0.1) is 6.26 Å². The summed E-state index contributed by atoms with van der Waals surface area (Å²) in [7, 11) is 0. The van der Waals surface area contributed by atoms with Crippen LogP contribution in [0.25, 0.3) is 11.5 Å². The van der Waals surface area contributed by atoms with Crippen molar-refractivity contribution in [3.8, 4) is 11.5 Å². The number of amides is 1. The van der Waals surface area contributed by atoms with Crippen molar-refractivity contribution in [3.63, 3.8) is 0 Å². The molecule has 0 unspecified atom stereocenters. The van der Waals surface area contributed by atoms with Crippen LogP contribution in [0.3, 0.4) is 0 Å². The molecule has 23 heavy (non-hydrogen) atoms. The van der Waals surface area contributed by atoms with Gasteiger partial charge in [-0.2, -0.15) is 5.10 Å². The number of carbonyl (C=O) groups is 1. The fourth-order valence-electron chi connectivity index (χ4n) is 2.48. The van der Waals surface area contributed by atoms with E-state index in [0.29, 0.717) is 30.2 Å². The Labute approximate surface area is 134 Å². The van der Waals surface area contributed by atoms with Gasteiger partial charge >= 0.3 is 0 Å². The summed E-state index contributed by atoms with van der Waals surface area (Å²) in [5, 5.41) is 7.00.